The second-order valence-corrected chi connectivity index (χ2v) is 6.39. The molecule has 2 rings (SSSR count). The van der Waals surface area contributed by atoms with Gasteiger partial charge in [-0.25, -0.2) is 4.79 Å². The maximum Gasteiger partial charge on any atom is 0.407 e. The molecule has 2 aliphatic carbocycles. The minimum atomic E-state index is -5.52. The van der Waals surface area contributed by atoms with Crippen LogP contribution in [0.1, 0.15) is 26.2 Å². The first-order valence-corrected chi connectivity index (χ1v) is 7.81. The lowest BCUT2D eigenvalue weighted by atomic mass is 9.63. The minimum absolute atomic E-state index is 0.0578. The van der Waals surface area contributed by atoms with Gasteiger partial charge in [0, 0.05) is 5.92 Å². The van der Waals surface area contributed by atoms with Gasteiger partial charge in [0.1, 0.15) is 0 Å². The van der Waals surface area contributed by atoms with Gasteiger partial charge in [0.15, 0.2) is 5.41 Å². The molecule has 0 aromatic rings. The first-order chi connectivity index (χ1) is 11.5. The van der Waals surface area contributed by atoms with Gasteiger partial charge in [-0.2, -0.15) is 31.3 Å². The van der Waals surface area contributed by atoms with Crippen molar-refractivity contribution < 1.29 is 31.1 Å². The van der Waals surface area contributed by atoms with E-state index in [2.05, 4.69) is 4.99 Å². The van der Waals surface area contributed by atoms with Crippen LogP contribution in [-0.4, -0.2) is 24.5 Å². The summed E-state index contributed by atoms with van der Waals surface area (Å²) in [6.07, 6.45) is -4.72. The number of alkyl halides is 6. The van der Waals surface area contributed by atoms with E-state index in [1.165, 1.54) is 12.2 Å². The van der Waals surface area contributed by atoms with Crippen molar-refractivity contribution in [2.75, 3.05) is 0 Å². The van der Waals surface area contributed by atoms with Crippen LogP contribution in [0, 0.1) is 17.3 Å². The highest BCUT2D eigenvalue weighted by Gasteiger charge is 2.74. The molecule has 0 amide bonds. The molecule has 138 valence electrons. The smallest absolute Gasteiger partial charge is 0.211 e. The second-order valence-electron chi connectivity index (χ2n) is 6.39. The summed E-state index contributed by atoms with van der Waals surface area (Å²) in [5.74, 6) is -1.79. The Bertz CT molecular complexity index is 623. The highest BCUT2D eigenvalue weighted by molar-refractivity contribution is 5.40. The molecule has 0 heterocycles. The van der Waals surface area contributed by atoms with Crippen molar-refractivity contribution in [2.45, 2.75) is 44.6 Å². The van der Waals surface area contributed by atoms with Crippen LogP contribution >= 0.6 is 0 Å². The van der Waals surface area contributed by atoms with Crippen LogP contribution in [-0.2, 0) is 4.79 Å². The first-order valence-electron chi connectivity index (χ1n) is 7.81. The van der Waals surface area contributed by atoms with Crippen molar-refractivity contribution in [3.63, 3.8) is 0 Å². The van der Waals surface area contributed by atoms with Crippen molar-refractivity contribution in [1.82, 2.24) is 0 Å². The van der Waals surface area contributed by atoms with Crippen LogP contribution in [0.25, 0.3) is 0 Å². The van der Waals surface area contributed by atoms with Crippen molar-refractivity contribution in [1.29, 1.82) is 0 Å². The quantitative estimate of drug-likeness (QED) is 0.289. The third kappa shape index (κ3) is 3.45. The van der Waals surface area contributed by atoms with E-state index in [1.807, 2.05) is 0 Å². The number of rotatable bonds is 3. The molecule has 0 aliphatic heterocycles. The summed E-state index contributed by atoms with van der Waals surface area (Å²) in [7, 11) is 0. The Morgan fingerprint density at radius 1 is 1.04 bits per heavy atom. The van der Waals surface area contributed by atoms with Crippen LogP contribution < -0.4 is 0 Å². The van der Waals surface area contributed by atoms with Gasteiger partial charge in [-0.3, -0.25) is 0 Å². The Morgan fingerprint density at radius 3 is 2.08 bits per heavy atom. The van der Waals surface area contributed by atoms with Crippen LogP contribution in [0.3, 0.4) is 0 Å². The van der Waals surface area contributed by atoms with E-state index in [0.717, 1.165) is 24.3 Å². The van der Waals surface area contributed by atoms with Crippen LogP contribution in [0.5, 0.6) is 0 Å². The third-order valence-electron chi connectivity index (χ3n) is 4.81. The molecular weight excluding hydrogens is 348 g/mol. The Morgan fingerprint density at radius 2 is 1.68 bits per heavy atom. The zero-order chi connectivity index (χ0) is 18.9. The average molecular weight is 365 g/mol. The highest BCUT2D eigenvalue weighted by atomic mass is 19.4. The van der Waals surface area contributed by atoms with E-state index in [-0.39, 0.29) is 25.2 Å². The summed E-state index contributed by atoms with van der Waals surface area (Å²) in [4.78, 5) is 13.6. The summed E-state index contributed by atoms with van der Waals surface area (Å²) in [6.45, 7) is 1.75. The number of isocyanates is 1. The summed E-state index contributed by atoms with van der Waals surface area (Å²) >= 11 is 0. The lowest BCUT2D eigenvalue weighted by Gasteiger charge is -2.45. The maximum absolute atomic E-state index is 13.9. The molecule has 2 nitrogen and oxygen atoms in total. The summed E-state index contributed by atoms with van der Waals surface area (Å²) < 4.78 is 83.2. The fraction of sp³-hybridized carbons (Fsp3) is 0.588. The molecule has 3 unspecified atom stereocenters. The molecule has 0 N–H and O–H groups in total. The van der Waals surface area contributed by atoms with E-state index >= 15 is 0 Å². The maximum atomic E-state index is 13.9. The first kappa shape index (κ1) is 19.5. The molecule has 8 heteroatoms. The monoisotopic (exact) mass is 365 g/mol. The minimum Gasteiger partial charge on any atom is -0.211 e. The molecular formula is C17H17F6NO. The van der Waals surface area contributed by atoms with Crippen LogP contribution in [0.4, 0.5) is 26.3 Å². The normalized spacial score (nSPS) is 27.6. The predicted molar refractivity (Wildman–Crippen MR) is 79.3 cm³/mol. The molecule has 0 aromatic carbocycles. The number of hydrogen-bond donors (Lipinski definition) is 0. The molecule has 0 fully saturated rings. The molecule has 0 aromatic heterocycles. The van der Waals surface area contributed by atoms with Gasteiger partial charge in [0.05, 0.1) is 6.04 Å². The van der Waals surface area contributed by atoms with Crippen molar-refractivity contribution >= 4 is 6.08 Å². The zero-order valence-corrected chi connectivity index (χ0v) is 13.4. The zero-order valence-electron chi connectivity index (χ0n) is 13.4. The van der Waals surface area contributed by atoms with Crippen LogP contribution in [0.2, 0.25) is 0 Å². The summed E-state index contributed by atoms with van der Waals surface area (Å²) in [6, 6.07) is -0.790. The van der Waals surface area contributed by atoms with Gasteiger partial charge < -0.3 is 0 Å². The third-order valence-corrected chi connectivity index (χ3v) is 4.81. The van der Waals surface area contributed by atoms with E-state index < -0.39 is 35.3 Å². The second kappa shape index (κ2) is 6.83. The van der Waals surface area contributed by atoms with Gasteiger partial charge in [-0.15, -0.1) is 0 Å². The summed E-state index contributed by atoms with van der Waals surface area (Å²) in [5.41, 5.74) is -4.81. The average Bonchev–Trinajstić information content (AvgIpc) is 2.49. The van der Waals surface area contributed by atoms with Crippen molar-refractivity contribution in [2.24, 2.45) is 22.2 Å². The Balaban J connectivity index is 2.59. The molecule has 0 saturated carbocycles. The fourth-order valence-corrected chi connectivity index (χ4v) is 3.51. The molecule has 0 spiro atoms. The topological polar surface area (TPSA) is 29.4 Å². The standard InChI is InChI=1S/C17H17F6NO/c1-11-2-4-12(5-3-11)15(16(18,19)20,17(21,22)23)13-6-8-14(9-7-13)24-10-25/h2,4,6-8,11-12,14H,3,5,9H2,1H3. The molecule has 0 radical (unpaired) electrons. The number of allylic oxidation sites excluding steroid dienone is 4. The molecule has 0 bridgehead atoms. The van der Waals surface area contributed by atoms with Gasteiger partial charge in [-0.05, 0) is 30.8 Å². The number of aliphatic imine (C=N–C) groups is 1. The SMILES string of the molecule is CC1C=CC(C(C2=CCC(N=C=O)C=C2)(C(F)(F)F)C(F)(F)F)CC1. The Hall–Kier alpha value is -1.82. The molecule has 0 saturated heterocycles. The Labute approximate surface area is 141 Å². The van der Waals surface area contributed by atoms with E-state index in [1.54, 1.807) is 6.92 Å². The number of carbonyl (C=O) groups excluding carboxylic acids is 1. The van der Waals surface area contributed by atoms with Crippen LogP contribution in [0.15, 0.2) is 40.9 Å². The number of hydrogen-bond acceptors (Lipinski definition) is 2. The van der Waals surface area contributed by atoms with Gasteiger partial charge in [0.2, 0.25) is 6.08 Å². The predicted octanol–water partition coefficient (Wildman–Crippen LogP) is 5.29. The molecule has 2 aliphatic rings. The van der Waals surface area contributed by atoms with E-state index in [4.69, 9.17) is 0 Å². The lowest BCUT2D eigenvalue weighted by Crippen LogP contribution is -2.56. The fourth-order valence-electron chi connectivity index (χ4n) is 3.51. The molecule has 3 atom stereocenters. The van der Waals surface area contributed by atoms with Gasteiger partial charge in [-0.1, -0.05) is 37.3 Å². The molecule has 25 heavy (non-hydrogen) atoms. The van der Waals surface area contributed by atoms with E-state index in [9.17, 15) is 31.1 Å². The van der Waals surface area contributed by atoms with Crippen molar-refractivity contribution in [3.8, 4) is 0 Å². The number of halogens is 6. The Kier molecular flexibility index (Phi) is 5.33. The van der Waals surface area contributed by atoms with E-state index in [0.29, 0.717) is 0 Å². The van der Waals surface area contributed by atoms with Gasteiger partial charge in [0.25, 0.3) is 0 Å². The van der Waals surface area contributed by atoms with Crippen molar-refractivity contribution in [3.05, 3.63) is 36.0 Å². The number of nitrogens with zero attached hydrogens (tertiary/aromatic N) is 1. The summed E-state index contributed by atoms with van der Waals surface area (Å²) in [5, 5.41) is 0. The van der Waals surface area contributed by atoms with Gasteiger partial charge >= 0.3 is 12.4 Å². The largest absolute Gasteiger partial charge is 0.407 e. The highest BCUT2D eigenvalue weighted by Crippen LogP contribution is 2.62. The lowest BCUT2D eigenvalue weighted by molar-refractivity contribution is -0.338.